The van der Waals surface area contributed by atoms with E-state index in [0.29, 0.717) is 16.5 Å². The Morgan fingerprint density at radius 1 is 0.875 bits per heavy atom. The molecule has 7 nitrogen and oxygen atoms in total. The molecule has 2 atom stereocenters. The molecule has 12 heteroatoms. The van der Waals surface area contributed by atoms with Crippen LogP contribution in [-0.4, -0.2) is 41.3 Å². The van der Waals surface area contributed by atoms with Crippen LogP contribution in [0.15, 0.2) is 60.7 Å². The van der Waals surface area contributed by atoms with E-state index in [-0.39, 0.29) is 18.2 Å². The minimum absolute atomic E-state index is 0.00250. The van der Waals surface area contributed by atoms with Crippen LogP contribution in [0.2, 0.25) is 0 Å². The maximum atomic E-state index is 13.8. The number of fused-ring (bicyclic) bond motifs is 1. The molecule has 208 valence electrons. The van der Waals surface area contributed by atoms with Crippen molar-refractivity contribution in [3.63, 3.8) is 0 Å². The highest BCUT2D eigenvalue weighted by molar-refractivity contribution is 6.00. The highest BCUT2D eigenvalue weighted by Crippen LogP contribution is 2.26. The van der Waals surface area contributed by atoms with Gasteiger partial charge in [-0.2, -0.15) is 8.78 Å². The zero-order valence-electron chi connectivity index (χ0n) is 20.9. The Morgan fingerprint density at radius 2 is 1.55 bits per heavy atom. The Labute approximate surface area is 224 Å². The van der Waals surface area contributed by atoms with Gasteiger partial charge in [-0.15, -0.1) is 0 Å². The average Bonchev–Trinajstić information content (AvgIpc) is 3.35. The van der Waals surface area contributed by atoms with Gasteiger partial charge in [-0.05, 0) is 36.8 Å². The predicted octanol–water partition coefficient (Wildman–Crippen LogP) is 4.36. The maximum absolute atomic E-state index is 13.8. The minimum Gasteiger partial charge on any atom is -0.479 e. The molecule has 0 saturated carbocycles. The van der Waals surface area contributed by atoms with Crippen LogP contribution in [0, 0.1) is 29.1 Å². The quantitative estimate of drug-likeness (QED) is 0.199. The number of H-pyrrole nitrogens is 1. The summed E-state index contributed by atoms with van der Waals surface area (Å²) in [5.41, 5.74) is 1.25. The molecule has 3 N–H and O–H groups in total. The summed E-state index contributed by atoms with van der Waals surface area (Å²) in [7, 11) is 0. The normalized spacial score (nSPS) is 12.6. The van der Waals surface area contributed by atoms with Gasteiger partial charge in [-0.3, -0.25) is 14.4 Å². The molecule has 0 aliphatic carbocycles. The van der Waals surface area contributed by atoms with Crippen molar-refractivity contribution in [2.45, 2.75) is 25.4 Å². The van der Waals surface area contributed by atoms with Crippen LogP contribution in [-0.2, 0) is 16.0 Å². The molecule has 4 aromatic rings. The molecule has 40 heavy (non-hydrogen) atoms. The van der Waals surface area contributed by atoms with Gasteiger partial charge in [-0.25, -0.2) is 13.2 Å². The van der Waals surface area contributed by atoms with Crippen molar-refractivity contribution < 1.29 is 41.1 Å². The summed E-state index contributed by atoms with van der Waals surface area (Å²) in [5.74, 6) is -11.2. The number of hydrogen-bond donors (Lipinski definition) is 3. The van der Waals surface area contributed by atoms with Crippen molar-refractivity contribution in [2.24, 2.45) is 0 Å². The Balaban J connectivity index is 1.46. The van der Waals surface area contributed by atoms with E-state index in [4.69, 9.17) is 0 Å². The van der Waals surface area contributed by atoms with Crippen molar-refractivity contribution in [1.29, 1.82) is 0 Å². The van der Waals surface area contributed by atoms with Crippen LogP contribution in [0.1, 0.15) is 23.0 Å². The summed E-state index contributed by atoms with van der Waals surface area (Å²) < 4.78 is 72.6. The standard InChI is InChI=1S/C28H22F5N3O4/c1-14(23(37)13-40-26-24(32)18(30)12-19(31)25(26)33)34-27(38)21(9-15-5-3-2-4-6-15)36-28(39)22-11-16-10-17(29)7-8-20(16)35-22/h2-8,10-12,14,21,35H,9,13H2,1H3,(H,34,38)(H,36,39)/t14-,21-/m0/s1. The Bertz CT molecular complexity index is 1550. The first-order chi connectivity index (χ1) is 19.0. The smallest absolute Gasteiger partial charge is 0.268 e. The van der Waals surface area contributed by atoms with Crippen LogP contribution in [0.4, 0.5) is 22.0 Å². The van der Waals surface area contributed by atoms with E-state index in [2.05, 4.69) is 20.4 Å². The van der Waals surface area contributed by atoms with E-state index < -0.39 is 71.1 Å². The summed E-state index contributed by atoms with van der Waals surface area (Å²) in [6.45, 7) is 0.246. The molecule has 0 unspecified atom stereocenters. The predicted molar refractivity (Wildman–Crippen MR) is 134 cm³/mol. The number of ketones is 1. The van der Waals surface area contributed by atoms with E-state index in [1.54, 1.807) is 30.3 Å². The SMILES string of the molecule is C[C@H](NC(=O)[C@H](Cc1ccccc1)NC(=O)c1cc2cc(F)ccc2[nH]1)C(=O)COc1c(F)c(F)cc(F)c1F. The number of carbonyl (C=O) groups is 3. The van der Waals surface area contributed by atoms with Crippen LogP contribution in [0.3, 0.4) is 0 Å². The molecule has 0 bridgehead atoms. The molecule has 0 radical (unpaired) electrons. The van der Waals surface area contributed by atoms with Gasteiger partial charge in [-0.1, -0.05) is 30.3 Å². The van der Waals surface area contributed by atoms with E-state index in [1.165, 1.54) is 31.2 Å². The summed E-state index contributed by atoms with van der Waals surface area (Å²) in [6.07, 6.45) is 0.0314. The molecule has 1 aromatic heterocycles. The number of aromatic amines is 1. The zero-order chi connectivity index (χ0) is 29.0. The summed E-state index contributed by atoms with van der Waals surface area (Å²) >= 11 is 0. The van der Waals surface area contributed by atoms with Crippen LogP contribution in [0.25, 0.3) is 10.9 Å². The number of benzene rings is 3. The minimum atomic E-state index is -1.81. The largest absolute Gasteiger partial charge is 0.479 e. The second-order valence-corrected chi connectivity index (χ2v) is 8.91. The highest BCUT2D eigenvalue weighted by atomic mass is 19.2. The molecule has 0 fully saturated rings. The van der Waals surface area contributed by atoms with Crippen LogP contribution >= 0.6 is 0 Å². The van der Waals surface area contributed by atoms with E-state index >= 15 is 0 Å². The molecule has 0 aliphatic rings. The molecule has 1 heterocycles. The molecule has 0 aliphatic heterocycles. The molecular weight excluding hydrogens is 537 g/mol. The van der Waals surface area contributed by atoms with Crippen molar-refractivity contribution in [2.75, 3.05) is 6.61 Å². The first-order valence-corrected chi connectivity index (χ1v) is 12.0. The fraction of sp³-hybridized carbons (Fsp3) is 0.179. The third-order valence-corrected chi connectivity index (χ3v) is 6.00. The number of amides is 2. The highest BCUT2D eigenvalue weighted by Gasteiger charge is 2.27. The molecule has 2 amide bonds. The zero-order valence-corrected chi connectivity index (χ0v) is 20.9. The molecule has 0 spiro atoms. The molecular formula is C28H22F5N3O4. The van der Waals surface area contributed by atoms with E-state index in [9.17, 15) is 36.3 Å². The number of Topliss-reactive ketones (excluding diaryl/α,β-unsaturated/α-hetero) is 1. The summed E-state index contributed by atoms with van der Waals surface area (Å²) in [6, 6.07) is 11.6. The van der Waals surface area contributed by atoms with Gasteiger partial charge in [0.1, 0.15) is 24.2 Å². The number of nitrogens with one attached hydrogen (secondary N) is 3. The van der Waals surface area contributed by atoms with E-state index in [0.717, 1.165) is 0 Å². The number of carbonyl (C=O) groups excluding carboxylic acids is 3. The van der Waals surface area contributed by atoms with Gasteiger partial charge in [0, 0.05) is 23.4 Å². The third kappa shape index (κ3) is 6.45. The van der Waals surface area contributed by atoms with E-state index in [1.807, 2.05) is 0 Å². The Morgan fingerprint density at radius 3 is 2.23 bits per heavy atom. The number of rotatable bonds is 10. The van der Waals surface area contributed by atoms with Gasteiger partial charge in [0.15, 0.2) is 23.2 Å². The fourth-order valence-corrected chi connectivity index (χ4v) is 3.86. The molecule has 0 saturated heterocycles. The van der Waals surface area contributed by atoms with Crippen LogP contribution < -0.4 is 15.4 Å². The second kappa shape index (κ2) is 12.0. The average molecular weight is 559 g/mol. The summed E-state index contributed by atoms with van der Waals surface area (Å²) in [5, 5.41) is 5.43. The monoisotopic (exact) mass is 559 g/mol. The lowest BCUT2D eigenvalue weighted by Gasteiger charge is -2.21. The third-order valence-electron chi connectivity index (χ3n) is 6.00. The van der Waals surface area contributed by atoms with Gasteiger partial charge >= 0.3 is 0 Å². The van der Waals surface area contributed by atoms with Gasteiger partial charge in [0.05, 0.1) is 6.04 Å². The number of aromatic nitrogens is 1. The van der Waals surface area contributed by atoms with Gasteiger partial charge < -0.3 is 20.4 Å². The maximum Gasteiger partial charge on any atom is 0.268 e. The first kappa shape index (κ1) is 28.3. The van der Waals surface area contributed by atoms with Crippen molar-refractivity contribution >= 4 is 28.5 Å². The lowest BCUT2D eigenvalue weighted by atomic mass is 10.0. The summed E-state index contributed by atoms with van der Waals surface area (Å²) in [4.78, 5) is 41.4. The van der Waals surface area contributed by atoms with Gasteiger partial charge in [0.2, 0.25) is 17.5 Å². The fourth-order valence-electron chi connectivity index (χ4n) is 3.86. The van der Waals surface area contributed by atoms with Crippen molar-refractivity contribution in [3.05, 3.63) is 101 Å². The van der Waals surface area contributed by atoms with Crippen LogP contribution in [0.5, 0.6) is 5.75 Å². The Kier molecular flexibility index (Phi) is 8.46. The number of halogens is 5. The number of ether oxygens (including phenoxy) is 1. The lowest BCUT2D eigenvalue weighted by Crippen LogP contribution is -2.52. The first-order valence-electron chi connectivity index (χ1n) is 12.0. The van der Waals surface area contributed by atoms with Gasteiger partial charge in [0.25, 0.3) is 5.91 Å². The second-order valence-electron chi connectivity index (χ2n) is 8.91. The van der Waals surface area contributed by atoms with Crippen molar-refractivity contribution in [1.82, 2.24) is 15.6 Å². The molecule has 4 rings (SSSR count). The lowest BCUT2D eigenvalue weighted by molar-refractivity contribution is -0.129. The molecule has 3 aromatic carbocycles. The number of hydrogen-bond acceptors (Lipinski definition) is 4. The van der Waals surface area contributed by atoms with Crippen molar-refractivity contribution in [3.8, 4) is 5.75 Å². The topological polar surface area (TPSA) is 100 Å². The Hall–Kier alpha value is -4.74.